The molecule has 0 N–H and O–H groups in total. The first kappa shape index (κ1) is 17.5. The number of anilines is 1. The third kappa shape index (κ3) is 3.38. The molecule has 27 heavy (non-hydrogen) atoms. The van der Waals surface area contributed by atoms with Gasteiger partial charge in [0.25, 0.3) is 0 Å². The molecular formula is C19H15ClFN3O3. The minimum atomic E-state index is -0.455. The molecule has 1 aromatic heterocycles. The standard InChI is InChI=1S/C19H15ClFN3O3/c1-26-14-4-2-3-11(7-14)18-22-19(27-23-18)12-8-17(25)24(10-12)16-9-13(21)5-6-15(16)20/h2-7,9,12H,8,10H2,1H3. The first-order valence-electron chi connectivity index (χ1n) is 8.28. The highest BCUT2D eigenvalue weighted by atomic mass is 35.5. The van der Waals surface area contributed by atoms with E-state index in [0.29, 0.717) is 34.7 Å². The van der Waals surface area contributed by atoms with Gasteiger partial charge < -0.3 is 14.2 Å². The van der Waals surface area contributed by atoms with Gasteiger partial charge in [0.15, 0.2) is 0 Å². The second-order valence-electron chi connectivity index (χ2n) is 6.19. The normalized spacial score (nSPS) is 16.8. The number of ether oxygens (including phenoxy) is 1. The van der Waals surface area contributed by atoms with Gasteiger partial charge in [-0.25, -0.2) is 4.39 Å². The Morgan fingerprint density at radius 3 is 2.96 bits per heavy atom. The van der Waals surface area contributed by atoms with Crippen LogP contribution in [-0.4, -0.2) is 29.7 Å². The Hall–Kier alpha value is -2.93. The molecule has 1 unspecified atom stereocenters. The second-order valence-corrected chi connectivity index (χ2v) is 6.60. The molecule has 1 amide bonds. The smallest absolute Gasteiger partial charge is 0.232 e. The lowest BCUT2D eigenvalue weighted by Crippen LogP contribution is -2.24. The fraction of sp³-hybridized carbons (Fsp3) is 0.211. The van der Waals surface area contributed by atoms with Crippen LogP contribution in [0.3, 0.4) is 0 Å². The lowest BCUT2D eigenvalue weighted by Gasteiger charge is -2.17. The highest BCUT2D eigenvalue weighted by molar-refractivity contribution is 6.33. The van der Waals surface area contributed by atoms with Crippen molar-refractivity contribution in [2.24, 2.45) is 0 Å². The lowest BCUT2D eigenvalue weighted by atomic mass is 10.1. The van der Waals surface area contributed by atoms with Gasteiger partial charge in [-0.3, -0.25) is 4.79 Å². The van der Waals surface area contributed by atoms with Crippen LogP contribution in [0.4, 0.5) is 10.1 Å². The van der Waals surface area contributed by atoms with Crippen LogP contribution >= 0.6 is 11.6 Å². The summed E-state index contributed by atoms with van der Waals surface area (Å²) >= 11 is 6.12. The van der Waals surface area contributed by atoms with Gasteiger partial charge in [0.2, 0.25) is 17.6 Å². The van der Waals surface area contributed by atoms with Crippen LogP contribution in [0.2, 0.25) is 5.02 Å². The first-order valence-corrected chi connectivity index (χ1v) is 8.66. The molecule has 6 nitrogen and oxygen atoms in total. The zero-order valence-corrected chi connectivity index (χ0v) is 15.1. The number of halogens is 2. The maximum absolute atomic E-state index is 13.6. The summed E-state index contributed by atoms with van der Waals surface area (Å²) < 4.78 is 24.1. The van der Waals surface area contributed by atoms with Crippen molar-refractivity contribution in [3.8, 4) is 17.1 Å². The van der Waals surface area contributed by atoms with E-state index in [-0.39, 0.29) is 18.2 Å². The Kier molecular flexibility index (Phi) is 4.53. The minimum absolute atomic E-state index is 0.173. The molecule has 8 heteroatoms. The van der Waals surface area contributed by atoms with E-state index in [1.165, 1.54) is 23.1 Å². The second kappa shape index (κ2) is 7.00. The number of carbonyl (C=O) groups excluding carboxylic acids is 1. The zero-order valence-electron chi connectivity index (χ0n) is 14.4. The van der Waals surface area contributed by atoms with Crippen LogP contribution in [0, 0.1) is 5.82 Å². The van der Waals surface area contributed by atoms with Crippen molar-refractivity contribution < 1.29 is 18.4 Å². The van der Waals surface area contributed by atoms with Crippen LogP contribution in [0.15, 0.2) is 47.0 Å². The number of methoxy groups -OCH3 is 1. The van der Waals surface area contributed by atoms with Crippen LogP contribution in [0.1, 0.15) is 18.2 Å². The van der Waals surface area contributed by atoms with Crippen LogP contribution in [-0.2, 0) is 4.79 Å². The summed E-state index contributed by atoms with van der Waals surface area (Å²) in [6.45, 7) is 0.293. The fourth-order valence-corrected chi connectivity index (χ4v) is 3.30. The van der Waals surface area contributed by atoms with E-state index in [4.69, 9.17) is 20.9 Å². The summed E-state index contributed by atoms with van der Waals surface area (Å²) in [4.78, 5) is 18.3. The van der Waals surface area contributed by atoms with Crippen molar-refractivity contribution in [2.75, 3.05) is 18.6 Å². The van der Waals surface area contributed by atoms with Crippen molar-refractivity contribution in [1.29, 1.82) is 0 Å². The number of amides is 1. The molecule has 1 aliphatic rings. The molecule has 0 spiro atoms. The molecule has 2 aromatic carbocycles. The predicted octanol–water partition coefficient (Wildman–Crippen LogP) is 4.06. The van der Waals surface area contributed by atoms with Gasteiger partial charge in [0, 0.05) is 18.5 Å². The van der Waals surface area contributed by atoms with E-state index >= 15 is 0 Å². The third-order valence-corrected chi connectivity index (χ3v) is 4.76. The van der Waals surface area contributed by atoms with Gasteiger partial charge in [-0.15, -0.1) is 0 Å². The maximum atomic E-state index is 13.6. The molecule has 4 rings (SSSR count). The van der Waals surface area contributed by atoms with E-state index in [1.54, 1.807) is 13.2 Å². The maximum Gasteiger partial charge on any atom is 0.232 e. The third-order valence-electron chi connectivity index (χ3n) is 4.44. The molecular weight excluding hydrogens is 373 g/mol. The average Bonchev–Trinajstić information content (AvgIpc) is 3.31. The topological polar surface area (TPSA) is 68.5 Å². The number of carbonyl (C=O) groups is 1. The van der Waals surface area contributed by atoms with Crippen molar-refractivity contribution >= 4 is 23.2 Å². The number of rotatable bonds is 4. The van der Waals surface area contributed by atoms with Gasteiger partial charge in [0.1, 0.15) is 11.6 Å². The molecule has 3 aromatic rings. The molecule has 0 saturated carbocycles. The number of hydrogen-bond donors (Lipinski definition) is 0. The Bertz CT molecular complexity index is 1010. The molecule has 138 valence electrons. The number of hydrogen-bond acceptors (Lipinski definition) is 5. The number of nitrogens with zero attached hydrogens (tertiary/aromatic N) is 3. The minimum Gasteiger partial charge on any atom is -0.497 e. The van der Waals surface area contributed by atoms with E-state index in [0.717, 1.165) is 5.56 Å². The van der Waals surface area contributed by atoms with Crippen molar-refractivity contribution in [3.05, 3.63) is 59.2 Å². The van der Waals surface area contributed by atoms with E-state index < -0.39 is 5.82 Å². The SMILES string of the molecule is COc1cccc(-c2noc(C3CC(=O)N(c4cc(F)ccc4Cl)C3)n2)c1. The van der Waals surface area contributed by atoms with Gasteiger partial charge in [-0.05, 0) is 30.3 Å². The molecule has 1 aliphatic heterocycles. The number of benzene rings is 2. The quantitative estimate of drug-likeness (QED) is 0.675. The first-order chi connectivity index (χ1) is 13.0. The zero-order chi connectivity index (χ0) is 19.0. The highest BCUT2D eigenvalue weighted by Gasteiger charge is 2.36. The van der Waals surface area contributed by atoms with Gasteiger partial charge in [0.05, 0.1) is 23.7 Å². The van der Waals surface area contributed by atoms with Gasteiger partial charge in [-0.1, -0.05) is 28.9 Å². The molecule has 0 radical (unpaired) electrons. The summed E-state index contributed by atoms with van der Waals surface area (Å²) in [5.74, 6) is 0.540. The molecule has 1 atom stereocenters. The summed E-state index contributed by atoms with van der Waals surface area (Å²) in [7, 11) is 1.58. The fourth-order valence-electron chi connectivity index (χ4n) is 3.08. The summed E-state index contributed by atoms with van der Waals surface area (Å²) in [5, 5.41) is 4.32. The van der Waals surface area contributed by atoms with Crippen LogP contribution in [0.5, 0.6) is 5.75 Å². The van der Waals surface area contributed by atoms with Crippen molar-refractivity contribution in [3.63, 3.8) is 0 Å². The summed E-state index contributed by atoms with van der Waals surface area (Å²) in [5.41, 5.74) is 1.09. The van der Waals surface area contributed by atoms with Crippen LogP contribution < -0.4 is 9.64 Å². The van der Waals surface area contributed by atoms with Crippen LogP contribution in [0.25, 0.3) is 11.4 Å². The van der Waals surface area contributed by atoms with Gasteiger partial charge in [-0.2, -0.15) is 4.98 Å². The molecule has 0 aliphatic carbocycles. The number of aromatic nitrogens is 2. The largest absolute Gasteiger partial charge is 0.497 e. The Labute approximate surface area is 159 Å². The average molecular weight is 388 g/mol. The summed E-state index contributed by atoms with van der Waals surface area (Å²) in [6, 6.07) is 11.2. The van der Waals surface area contributed by atoms with E-state index in [2.05, 4.69) is 10.1 Å². The molecule has 2 heterocycles. The monoisotopic (exact) mass is 387 g/mol. The van der Waals surface area contributed by atoms with E-state index in [1.807, 2.05) is 18.2 Å². The Morgan fingerprint density at radius 2 is 2.15 bits per heavy atom. The van der Waals surface area contributed by atoms with Crippen molar-refractivity contribution in [2.45, 2.75) is 12.3 Å². The van der Waals surface area contributed by atoms with Crippen molar-refractivity contribution in [1.82, 2.24) is 10.1 Å². The molecule has 1 fully saturated rings. The Morgan fingerprint density at radius 1 is 1.30 bits per heavy atom. The highest BCUT2D eigenvalue weighted by Crippen LogP contribution is 2.35. The summed E-state index contributed by atoms with van der Waals surface area (Å²) in [6.07, 6.45) is 0.187. The van der Waals surface area contributed by atoms with E-state index in [9.17, 15) is 9.18 Å². The predicted molar refractivity (Wildman–Crippen MR) is 97.4 cm³/mol. The Balaban J connectivity index is 1.58. The molecule has 1 saturated heterocycles. The van der Waals surface area contributed by atoms with Gasteiger partial charge >= 0.3 is 0 Å². The lowest BCUT2D eigenvalue weighted by molar-refractivity contribution is -0.117. The molecule has 0 bridgehead atoms.